The van der Waals surface area contributed by atoms with Gasteiger partial charge in [0.2, 0.25) is 0 Å². The summed E-state index contributed by atoms with van der Waals surface area (Å²) in [5.74, 6) is 0.521. The Hall–Kier alpha value is -1.14. The molecule has 1 atom stereocenters. The van der Waals surface area contributed by atoms with Gasteiger partial charge in [-0.2, -0.15) is 0 Å². The van der Waals surface area contributed by atoms with Crippen LogP contribution in [0, 0.1) is 10.1 Å². The van der Waals surface area contributed by atoms with Crippen LogP contribution in [0.1, 0.15) is 12.8 Å². The van der Waals surface area contributed by atoms with Gasteiger partial charge >= 0.3 is 0 Å². The second-order valence-electron chi connectivity index (χ2n) is 3.95. The molecule has 0 bridgehead atoms. The Morgan fingerprint density at radius 1 is 1.59 bits per heavy atom. The van der Waals surface area contributed by atoms with Crippen LogP contribution >= 0.6 is 15.9 Å². The number of nitrogens with zero attached hydrogens (tertiary/aromatic N) is 1. The third-order valence-electron chi connectivity index (χ3n) is 2.74. The molecule has 1 aliphatic heterocycles. The number of nitro groups is 1. The van der Waals surface area contributed by atoms with Crippen molar-refractivity contribution in [2.24, 2.45) is 0 Å². The molecule has 0 aromatic heterocycles. The largest absolute Gasteiger partial charge is 0.491 e. The van der Waals surface area contributed by atoms with E-state index in [0.717, 1.165) is 19.4 Å². The molecule has 1 heterocycles. The van der Waals surface area contributed by atoms with E-state index in [9.17, 15) is 10.1 Å². The molecule has 1 saturated heterocycles. The quantitative estimate of drug-likeness (QED) is 0.685. The maximum absolute atomic E-state index is 10.7. The van der Waals surface area contributed by atoms with E-state index in [-0.39, 0.29) is 5.69 Å². The highest BCUT2D eigenvalue weighted by Crippen LogP contribution is 2.33. The van der Waals surface area contributed by atoms with Crippen molar-refractivity contribution in [2.45, 2.75) is 18.9 Å². The van der Waals surface area contributed by atoms with Crippen LogP contribution < -0.4 is 10.1 Å². The molecule has 0 radical (unpaired) electrons. The van der Waals surface area contributed by atoms with Crippen molar-refractivity contribution in [3.8, 4) is 5.75 Å². The summed E-state index contributed by atoms with van der Waals surface area (Å²) in [4.78, 5) is 10.3. The van der Waals surface area contributed by atoms with Crippen molar-refractivity contribution in [1.29, 1.82) is 0 Å². The van der Waals surface area contributed by atoms with Crippen LogP contribution in [0.15, 0.2) is 22.7 Å². The Labute approximate surface area is 107 Å². The molecule has 17 heavy (non-hydrogen) atoms. The van der Waals surface area contributed by atoms with Crippen molar-refractivity contribution in [2.75, 3.05) is 13.2 Å². The molecule has 2 rings (SSSR count). The maximum atomic E-state index is 10.7. The van der Waals surface area contributed by atoms with Gasteiger partial charge in [-0.3, -0.25) is 10.1 Å². The lowest BCUT2D eigenvalue weighted by atomic mass is 10.2. The minimum atomic E-state index is -0.426. The Morgan fingerprint density at radius 2 is 2.41 bits per heavy atom. The summed E-state index contributed by atoms with van der Waals surface area (Å²) >= 11 is 3.20. The van der Waals surface area contributed by atoms with Crippen molar-refractivity contribution < 1.29 is 9.66 Å². The highest BCUT2D eigenvalue weighted by Gasteiger charge is 2.18. The summed E-state index contributed by atoms with van der Waals surface area (Å²) in [5, 5.41) is 14.1. The number of nitro benzene ring substituents is 1. The SMILES string of the molecule is O=[N+]([O-])c1cccc(OCC2CCCN2)c1Br. The fourth-order valence-electron chi connectivity index (χ4n) is 1.84. The molecule has 0 aliphatic carbocycles. The van der Waals surface area contributed by atoms with E-state index >= 15 is 0 Å². The normalized spacial score (nSPS) is 19.2. The lowest BCUT2D eigenvalue weighted by molar-refractivity contribution is -0.385. The number of rotatable bonds is 4. The first-order chi connectivity index (χ1) is 8.18. The van der Waals surface area contributed by atoms with E-state index in [1.165, 1.54) is 6.07 Å². The van der Waals surface area contributed by atoms with E-state index in [1.807, 2.05) is 0 Å². The zero-order valence-corrected chi connectivity index (χ0v) is 10.8. The van der Waals surface area contributed by atoms with Gasteiger partial charge in [0.05, 0.1) is 4.92 Å². The Bertz CT molecular complexity index is 419. The smallest absolute Gasteiger partial charge is 0.287 e. The lowest BCUT2D eigenvalue weighted by Gasteiger charge is -2.13. The molecule has 1 aliphatic rings. The zero-order valence-electron chi connectivity index (χ0n) is 9.19. The van der Waals surface area contributed by atoms with Gasteiger partial charge in [0.1, 0.15) is 16.8 Å². The molecule has 92 valence electrons. The molecule has 5 nitrogen and oxygen atoms in total. The van der Waals surface area contributed by atoms with Gasteiger partial charge in [-0.1, -0.05) is 6.07 Å². The van der Waals surface area contributed by atoms with Crippen LogP contribution in [0.5, 0.6) is 5.75 Å². The predicted molar refractivity (Wildman–Crippen MR) is 67.3 cm³/mol. The summed E-state index contributed by atoms with van der Waals surface area (Å²) in [6, 6.07) is 5.15. The minimum absolute atomic E-state index is 0.0295. The van der Waals surface area contributed by atoms with Gasteiger partial charge in [0.25, 0.3) is 5.69 Å². The predicted octanol–water partition coefficient (Wildman–Crippen LogP) is 2.49. The van der Waals surface area contributed by atoms with E-state index in [2.05, 4.69) is 21.2 Å². The van der Waals surface area contributed by atoms with Crippen molar-refractivity contribution in [3.05, 3.63) is 32.8 Å². The molecule has 1 unspecified atom stereocenters. The standard InChI is InChI=1S/C11H13BrN2O3/c12-11-9(14(15)16)4-1-5-10(11)17-7-8-3-2-6-13-8/h1,4-5,8,13H,2-3,6-7H2. The van der Waals surface area contributed by atoms with Crippen LogP contribution in [0.25, 0.3) is 0 Å². The summed E-state index contributed by atoms with van der Waals surface area (Å²) in [6.45, 7) is 1.56. The third-order valence-corrected chi connectivity index (χ3v) is 3.54. The molecule has 1 aromatic rings. The van der Waals surface area contributed by atoms with Crippen LogP contribution in [-0.4, -0.2) is 24.1 Å². The molecular weight excluding hydrogens is 288 g/mol. The molecule has 0 spiro atoms. The van der Waals surface area contributed by atoms with Crippen LogP contribution in [-0.2, 0) is 0 Å². The maximum Gasteiger partial charge on any atom is 0.287 e. The van der Waals surface area contributed by atoms with E-state index in [4.69, 9.17) is 4.74 Å². The number of benzene rings is 1. The summed E-state index contributed by atoms with van der Waals surface area (Å²) in [5.41, 5.74) is 0.0295. The van der Waals surface area contributed by atoms with E-state index < -0.39 is 4.92 Å². The molecule has 1 N–H and O–H groups in total. The van der Waals surface area contributed by atoms with E-state index in [1.54, 1.807) is 12.1 Å². The molecule has 6 heteroatoms. The van der Waals surface area contributed by atoms with Crippen LogP contribution in [0.4, 0.5) is 5.69 Å². The van der Waals surface area contributed by atoms with Gasteiger partial charge in [0, 0.05) is 12.1 Å². The van der Waals surface area contributed by atoms with E-state index in [0.29, 0.717) is 22.9 Å². The first-order valence-corrected chi connectivity index (χ1v) is 6.27. The topological polar surface area (TPSA) is 64.4 Å². The average molecular weight is 301 g/mol. The second kappa shape index (κ2) is 5.46. The minimum Gasteiger partial charge on any atom is -0.491 e. The number of ether oxygens (including phenoxy) is 1. The van der Waals surface area contributed by atoms with Gasteiger partial charge in [0.15, 0.2) is 0 Å². The lowest BCUT2D eigenvalue weighted by Crippen LogP contribution is -2.28. The van der Waals surface area contributed by atoms with Gasteiger partial charge < -0.3 is 10.1 Å². The first kappa shape index (κ1) is 12.3. The third kappa shape index (κ3) is 2.95. The van der Waals surface area contributed by atoms with Crippen LogP contribution in [0.2, 0.25) is 0 Å². The molecular formula is C11H13BrN2O3. The molecule has 0 amide bonds. The zero-order chi connectivity index (χ0) is 12.3. The number of hydrogen-bond donors (Lipinski definition) is 1. The van der Waals surface area contributed by atoms with Crippen LogP contribution in [0.3, 0.4) is 0 Å². The van der Waals surface area contributed by atoms with Crippen molar-refractivity contribution in [1.82, 2.24) is 5.32 Å². The molecule has 0 saturated carbocycles. The Morgan fingerprint density at radius 3 is 3.06 bits per heavy atom. The highest BCUT2D eigenvalue weighted by atomic mass is 79.9. The summed E-state index contributed by atoms with van der Waals surface area (Å²) in [6.07, 6.45) is 2.25. The van der Waals surface area contributed by atoms with Gasteiger partial charge in [-0.15, -0.1) is 0 Å². The number of hydrogen-bond acceptors (Lipinski definition) is 4. The monoisotopic (exact) mass is 300 g/mol. The highest BCUT2D eigenvalue weighted by molar-refractivity contribution is 9.10. The molecule has 1 aromatic carbocycles. The van der Waals surface area contributed by atoms with Gasteiger partial charge in [-0.25, -0.2) is 0 Å². The Balaban J connectivity index is 2.04. The summed E-state index contributed by atoms with van der Waals surface area (Å²) < 4.78 is 6.00. The second-order valence-corrected chi connectivity index (χ2v) is 4.74. The number of nitrogens with one attached hydrogen (secondary N) is 1. The average Bonchev–Trinajstić information content (AvgIpc) is 2.80. The fraction of sp³-hybridized carbons (Fsp3) is 0.455. The van der Waals surface area contributed by atoms with Gasteiger partial charge in [-0.05, 0) is 41.4 Å². The molecule has 1 fully saturated rings. The number of halogens is 1. The van der Waals surface area contributed by atoms with Crippen molar-refractivity contribution in [3.63, 3.8) is 0 Å². The first-order valence-electron chi connectivity index (χ1n) is 5.47. The Kier molecular flexibility index (Phi) is 3.96. The summed E-state index contributed by atoms with van der Waals surface area (Å²) in [7, 11) is 0. The fourth-order valence-corrected chi connectivity index (χ4v) is 2.36. The van der Waals surface area contributed by atoms with Crippen molar-refractivity contribution >= 4 is 21.6 Å².